The van der Waals surface area contributed by atoms with Crippen LogP contribution in [0.25, 0.3) is 6.08 Å². The molecule has 0 spiro atoms. The summed E-state index contributed by atoms with van der Waals surface area (Å²) in [6.45, 7) is 1.78. The van der Waals surface area contributed by atoms with E-state index >= 15 is 0 Å². The fourth-order valence-electron chi connectivity index (χ4n) is 2.73. The monoisotopic (exact) mass is 347 g/mol. The molecule has 0 aliphatic heterocycles. The highest BCUT2D eigenvalue weighted by atomic mass is 16.5. The fraction of sp³-hybridized carbons (Fsp3) is 0.529. The third kappa shape index (κ3) is 6.50. The van der Waals surface area contributed by atoms with Gasteiger partial charge in [0.1, 0.15) is 11.9 Å². The van der Waals surface area contributed by atoms with Crippen LogP contribution in [0.4, 0.5) is 5.82 Å². The van der Waals surface area contributed by atoms with E-state index in [1.807, 2.05) is 0 Å². The van der Waals surface area contributed by atoms with Gasteiger partial charge >= 0.3 is 0 Å². The zero-order valence-corrected chi connectivity index (χ0v) is 14.4. The molecular weight excluding hydrogens is 322 g/mol. The Balaban J connectivity index is 1.84. The highest BCUT2D eigenvalue weighted by Gasteiger charge is 2.19. The van der Waals surface area contributed by atoms with Crippen LogP contribution in [0.1, 0.15) is 51.1 Å². The van der Waals surface area contributed by atoms with Crippen LogP contribution in [0.3, 0.4) is 0 Å². The fourth-order valence-corrected chi connectivity index (χ4v) is 2.73. The van der Waals surface area contributed by atoms with Gasteiger partial charge < -0.3 is 10.6 Å². The van der Waals surface area contributed by atoms with Crippen molar-refractivity contribution in [3.05, 3.63) is 24.2 Å². The SMILES string of the molecule is C[C@@H](Nc1cnc(/C=C/C(=O)NO)cn1)C(=O)NC1CCCCCC1. The van der Waals surface area contributed by atoms with E-state index in [1.54, 1.807) is 6.92 Å². The van der Waals surface area contributed by atoms with Crippen molar-refractivity contribution in [2.24, 2.45) is 0 Å². The van der Waals surface area contributed by atoms with Crippen LogP contribution in [0.15, 0.2) is 18.5 Å². The number of hydrogen-bond acceptors (Lipinski definition) is 6. The topological polar surface area (TPSA) is 116 Å². The summed E-state index contributed by atoms with van der Waals surface area (Å²) in [6.07, 6.45) is 12.4. The van der Waals surface area contributed by atoms with Gasteiger partial charge in [0.2, 0.25) is 5.91 Å². The first-order valence-electron chi connectivity index (χ1n) is 8.59. The minimum atomic E-state index is -0.646. The highest BCUT2D eigenvalue weighted by molar-refractivity contribution is 5.90. The van der Waals surface area contributed by atoms with Gasteiger partial charge in [-0.3, -0.25) is 19.8 Å². The third-order valence-corrected chi connectivity index (χ3v) is 4.15. The van der Waals surface area contributed by atoms with Gasteiger partial charge in [0, 0.05) is 12.1 Å². The molecule has 136 valence electrons. The second-order valence-electron chi connectivity index (χ2n) is 6.20. The van der Waals surface area contributed by atoms with Crippen LogP contribution in [0.5, 0.6) is 0 Å². The lowest BCUT2D eigenvalue weighted by molar-refractivity contribution is -0.124. The quantitative estimate of drug-likeness (QED) is 0.269. The van der Waals surface area contributed by atoms with Gasteiger partial charge in [-0.1, -0.05) is 25.7 Å². The molecule has 2 amide bonds. The summed E-state index contributed by atoms with van der Waals surface area (Å²) >= 11 is 0. The van der Waals surface area contributed by atoms with Crippen molar-refractivity contribution in [2.75, 3.05) is 5.32 Å². The maximum absolute atomic E-state index is 12.3. The van der Waals surface area contributed by atoms with Crippen LogP contribution in [0.2, 0.25) is 0 Å². The molecule has 1 saturated carbocycles. The molecule has 25 heavy (non-hydrogen) atoms. The number of anilines is 1. The summed E-state index contributed by atoms with van der Waals surface area (Å²) in [4.78, 5) is 31.5. The van der Waals surface area contributed by atoms with E-state index in [9.17, 15) is 9.59 Å². The first-order chi connectivity index (χ1) is 12.1. The maximum Gasteiger partial charge on any atom is 0.267 e. The van der Waals surface area contributed by atoms with Crippen molar-refractivity contribution in [1.29, 1.82) is 0 Å². The summed E-state index contributed by atoms with van der Waals surface area (Å²) in [5, 5.41) is 14.5. The van der Waals surface area contributed by atoms with Gasteiger partial charge in [-0.15, -0.1) is 0 Å². The molecule has 0 aromatic carbocycles. The summed E-state index contributed by atoms with van der Waals surface area (Å²) in [5.41, 5.74) is 1.95. The lowest BCUT2D eigenvalue weighted by Gasteiger charge is -2.20. The molecule has 8 heteroatoms. The number of nitrogens with one attached hydrogen (secondary N) is 3. The van der Waals surface area contributed by atoms with Crippen LogP contribution in [-0.2, 0) is 9.59 Å². The Morgan fingerprint density at radius 1 is 1.20 bits per heavy atom. The molecule has 1 aromatic heterocycles. The largest absolute Gasteiger partial charge is 0.357 e. The summed E-state index contributed by atoms with van der Waals surface area (Å²) in [6, 6.07) is -0.158. The molecule has 4 N–H and O–H groups in total. The number of carbonyl (C=O) groups is 2. The molecule has 2 rings (SSSR count). The number of rotatable bonds is 6. The van der Waals surface area contributed by atoms with Gasteiger partial charge in [0.15, 0.2) is 0 Å². The third-order valence-electron chi connectivity index (χ3n) is 4.15. The van der Waals surface area contributed by atoms with Crippen LogP contribution < -0.4 is 16.1 Å². The van der Waals surface area contributed by atoms with Gasteiger partial charge in [-0.2, -0.15) is 0 Å². The molecule has 1 heterocycles. The zero-order chi connectivity index (χ0) is 18.1. The van der Waals surface area contributed by atoms with Crippen molar-refractivity contribution in [1.82, 2.24) is 20.8 Å². The van der Waals surface area contributed by atoms with Crippen molar-refractivity contribution in [2.45, 2.75) is 57.5 Å². The first kappa shape index (κ1) is 18.9. The lowest BCUT2D eigenvalue weighted by Crippen LogP contribution is -2.43. The molecule has 0 unspecified atom stereocenters. The normalized spacial score (nSPS) is 16.9. The van der Waals surface area contributed by atoms with Crippen molar-refractivity contribution < 1.29 is 14.8 Å². The molecular formula is C17H25N5O3. The summed E-state index contributed by atoms with van der Waals surface area (Å²) in [7, 11) is 0. The number of hydroxylamine groups is 1. The molecule has 1 fully saturated rings. The summed E-state index contributed by atoms with van der Waals surface area (Å²) < 4.78 is 0. The smallest absolute Gasteiger partial charge is 0.267 e. The zero-order valence-electron chi connectivity index (χ0n) is 14.4. The standard InChI is InChI=1S/C17H25N5O3/c1-12(17(24)21-13-6-4-2-3-5-7-13)20-15-11-18-14(10-19-15)8-9-16(23)22-25/h8-13,25H,2-7H2,1H3,(H,19,20)(H,21,24)(H,22,23)/b9-8+/t12-/m1/s1. The van der Waals surface area contributed by atoms with E-state index in [0.29, 0.717) is 11.5 Å². The Kier molecular flexibility index (Phi) is 7.34. The highest BCUT2D eigenvalue weighted by Crippen LogP contribution is 2.17. The molecule has 8 nitrogen and oxygen atoms in total. The van der Waals surface area contributed by atoms with Gasteiger partial charge in [0.05, 0.1) is 18.1 Å². The van der Waals surface area contributed by atoms with E-state index in [4.69, 9.17) is 5.21 Å². The number of nitrogens with zero attached hydrogens (tertiary/aromatic N) is 2. The lowest BCUT2D eigenvalue weighted by atomic mass is 10.1. The van der Waals surface area contributed by atoms with Crippen molar-refractivity contribution in [3.8, 4) is 0 Å². The Morgan fingerprint density at radius 2 is 1.92 bits per heavy atom. The second kappa shape index (κ2) is 9.73. The van der Waals surface area contributed by atoms with E-state index in [0.717, 1.165) is 18.9 Å². The Bertz CT molecular complexity index is 595. The molecule has 1 aromatic rings. The molecule has 0 bridgehead atoms. The van der Waals surface area contributed by atoms with Crippen molar-refractivity contribution in [3.63, 3.8) is 0 Å². The average Bonchev–Trinajstić information content (AvgIpc) is 2.89. The van der Waals surface area contributed by atoms with E-state index in [2.05, 4.69) is 20.6 Å². The first-order valence-corrected chi connectivity index (χ1v) is 8.59. The predicted octanol–water partition coefficient (Wildman–Crippen LogP) is 1.63. The second-order valence-corrected chi connectivity index (χ2v) is 6.20. The summed E-state index contributed by atoms with van der Waals surface area (Å²) in [5.74, 6) is -0.211. The minimum absolute atomic E-state index is 0.0442. The van der Waals surface area contributed by atoms with Gasteiger partial charge in [-0.05, 0) is 25.8 Å². The Labute approximate surface area is 147 Å². The van der Waals surface area contributed by atoms with E-state index in [1.165, 1.54) is 49.6 Å². The number of aromatic nitrogens is 2. The Morgan fingerprint density at radius 3 is 2.52 bits per heavy atom. The van der Waals surface area contributed by atoms with E-state index < -0.39 is 11.9 Å². The molecule has 0 radical (unpaired) electrons. The maximum atomic E-state index is 12.3. The predicted molar refractivity (Wildman–Crippen MR) is 93.7 cm³/mol. The van der Waals surface area contributed by atoms with Crippen molar-refractivity contribution >= 4 is 23.7 Å². The number of amides is 2. The van der Waals surface area contributed by atoms with Gasteiger partial charge in [0.25, 0.3) is 5.91 Å². The molecule has 1 aliphatic carbocycles. The van der Waals surface area contributed by atoms with Gasteiger partial charge in [-0.25, -0.2) is 10.5 Å². The van der Waals surface area contributed by atoms with Crippen LogP contribution in [0, 0.1) is 0 Å². The molecule has 0 saturated heterocycles. The average molecular weight is 347 g/mol. The molecule has 1 aliphatic rings. The molecule has 1 atom stereocenters. The number of carbonyl (C=O) groups excluding carboxylic acids is 2. The van der Waals surface area contributed by atoms with Crippen LogP contribution in [-0.4, -0.2) is 39.1 Å². The van der Waals surface area contributed by atoms with E-state index in [-0.39, 0.29) is 11.9 Å². The number of hydrogen-bond donors (Lipinski definition) is 4. The van der Waals surface area contributed by atoms with Crippen LogP contribution >= 0.6 is 0 Å². The minimum Gasteiger partial charge on any atom is -0.357 e. The Hall–Kier alpha value is -2.48.